The van der Waals surface area contributed by atoms with Gasteiger partial charge >= 0.3 is 5.97 Å². The van der Waals surface area contributed by atoms with Crippen molar-refractivity contribution in [2.45, 2.75) is 64.9 Å². The maximum absolute atomic E-state index is 11.7. The number of hydrogen-bond acceptors (Lipinski definition) is 5. The summed E-state index contributed by atoms with van der Waals surface area (Å²) in [7, 11) is 3.42. The summed E-state index contributed by atoms with van der Waals surface area (Å²) >= 11 is 0. The molecule has 1 aliphatic carbocycles. The zero-order valence-corrected chi connectivity index (χ0v) is 22.3. The summed E-state index contributed by atoms with van der Waals surface area (Å²) in [6, 6.07) is 4.37. The van der Waals surface area contributed by atoms with E-state index in [0.717, 1.165) is 85.6 Å². The first-order valence-electron chi connectivity index (χ1n) is 13.2. The minimum Gasteiger partial charge on any atom is -0.501 e. The van der Waals surface area contributed by atoms with Gasteiger partial charge in [-0.15, -0.1) is 0 Å². The summed E-state index contributed by atoms with van der Waals surface area (Å²) in [4.78, 5) is 14.0. The van der Waals surface area contributed by atoms with Crippen LogP contribution in [0.3, 0.4) is 0 Å². The predicted molar refractivity (Wildman–Crippen MR) is 141 cm³/mol. The molecule has 1 aromatic rings. The van der Waals surface area contributed by atoms with Gasteiger partial charge in [0.25, 0.3) is 0 Å². The molecule has 1 N–H and O–H groups in total. The molecule has 0 amide bonds. The highest BCUT2D eigenvalue weighted by Gasteiger charge is 2.51. The molecule has 196 valence electrons. The lowest BCUT2D eigenvalue weighted by Crippen LogP contribution is -2.41. The standard InChI is InChI=1S/C30H41NO5/c1-6-24(34-4)8-7-9-26-21(3)28(25-16-20(2)27(35-5)17-23(25)18-36-26)22-10-14-31(15-11-22)19-30(12-13-30)29(32)33/h8-9,16-17,22,28H,3,6-7,10-15,18-19H2,1-2,4-5H3,(H,32,33)/b24-8+,26-9+. The molecule has 3 aliphatic rings. The molecule has 0 radical (unpaired) electrons. The van der Waals surface area contributed by atoms with Gasteiger partial charge < -0.3 is 24.2 Å². The second kappa shape index (κ2) is 11.1. The molecule has 1 saturated carbocycles. The Morgan fingerprint density at radius 1 is 1.28 bits per heavy atom. The van der Waals surface area contributed by atoms with Crippen LogP contribution in [0.4, 0.5) is 0 Å². The third-order valence-electron chi connectivity index (χ3n) is 8.26. The lowest BCUT2D eigenvalue weighted by atomic mass is 9.74. The number of carboxylic acid groups (broad SMARTS) is 1. The van der Waals surface area contributed by atoms with Crippen molar-refractivity contribution < 1.29 is 24.1 Å². The molecule has 1 atom stereocenters. The van der Waals surface area contributed by atoms with Crippen LogP contribution in [-0.2, 0) is 20.9 Å². The van der Waals surface area contributed by atoms with E-state index in [1.807, 2.05) is 0 Å². The van der Waals surface area contributed by atoms with E-state index in [0.29, 0.717) is 19.1 Å². The summed E-state index contributed by atoms with van der Waals surface area (Å²) in [5.74, 6) is 2.65. The zero-order valence-electron chi connectivity index (χ0n) is 22.3. The van der Waals surface area contributed by atoms with Gasteiger partial charge in [-0.25, -0.2) is 0 Å². The molecule has 4 rings (SSSR count). The number of carboxylic acids is 1. The highest BCUT2D eigenvalue weighted by atomic mass is 16.5. The lowest BCUT2D eigenvalue weighted by Gasteiger charge is -2.38. The minimum absolute atomic E-state index is 0.159. The molecule has 36 heavy (non-hydrogen) atoms. The average molecular weight is 496 g/mol. The number of piperidine rings is 1. The third kappa shape index (κ3) is 5.49. The van der Waals surface area contributed by atoms with Gasteiger partial charge in [-0.3, -0.25) is 4.79 Å². The molecule has 6 heteroatoms. The van der Waals surface area contributed by atoms with Crippen LogP contribution in [0.25, 0.3) is 0 Å². The topological polar surface area (TPSA) is 68.2 Å². The van der Waals surface area contributed by atoms with Gasteiger partial charge in [0.15, 0.2) is 0 Å². The monoisotopic (exact) mass is 495 g/mol. The first-order chi connectivity index (χ1) is 17.3. The van der Waals surface area contributed by atoms with Gasteiger partial charge in [0, 0.05) is 18.9 Å². The maximum Gasteiger partial charge on any atom is 0.310 e. The van der Waals surface area contributed by atoms with E-state index < -0.39 is 11.4 Å². The molecule has 2 fully saturated rings. The highest BCUT2D eigenvalue weighted by Crippen LogP contribution is 2.49. The number of nitrogens with zero attached hydrogens (tertiary/aromatic N) is 1. The van der Waals surface area contributed by atoms with E-state index in [9.17, 15) is 9.90 Å². The van der Waals surface area contributed by atoms with Crippen molar-refractivity contribution in [1.82, 2.24) is 4.90 Å². The van der Waals surface area contributed by atoms with Crippen molar-refractivity contribution in [2.75, 3.05) is 33.9 Å². The molecule has 2 aliphatic heterocycles. The van der Waals surface area contributed by atoms with Crippen molar-refractivity contribution in [2.24, 2.45) is 11.3 Å². The second-order valence-corrected chi connectivity index (χ2v) is 10.5. The number of likely N-dealkylation sites (tertiary alicyclic amines) is 1. The van der Waals surface area contributed by atoms with Crippen molar-refractivity contribution in [3.8, 4) is 5.75 Å². The lowest BCUT2D eigenvalue weighted by molar-refractivity contribution is -0.144. The minimum atomic E-state index is -0.638. The van der Waals surface area contributed by atoms with Crippen molar-refractivity contribution in [3.63, 3.8) is 0 Å². The number of benzene rings is 1. The molecule has 6 nitrogen and oxygen atoms in total. The van der Waals surface area contributed by atoms with Crippen LogP contribution in [0.5, 0.6) is 5.75 Å². The number of fused-ring (bicyclic) bond motifs is 1. The SMILES string of the molecule is C=C1/C(=C\C/C=C(\CC)OC)OCc2cc(OC)c(C)cc2C1C1CCN(CC2(C(=O)O)CC2)CC1. The fourth-order valence-electron chi connectivity index (χ4n) is 5.84. The van der Waals surface area contributed by atoms with Crippen LogP contribution < -0.4 is 4.74 Å². The van der Waals surface area contributed by atoms with Gasteiger partial charge in [0.05, 0.1) is 25.4 Å². The zero-order chi connectivity index (χ0) is 25.9. The number of aliphatic carboxylic acids is 1. The Hall–Kier alpha value is -2.73. The molecule has 0 bridgehead atoms. The third-order valence-corrected chi connectivity index (χ3v) is 8.26. The fourth-order valence-corrected chi connectivity index (χ4v) is 5.84. The largest absolute Gasteiger partial charge is 0.501 e. The maximum atomic E-state index is 11.7. The Kier molecular flexibility index (Phi) is 8.13. The molecule has 1 unspecified atom stereocenters. The first-order valence-corrected chi connectivity index (χ1v) is 13.2. The number of aryl methyl sites for hydroxylation is 1. The van der Waals surface area contributed by atoms with Gasteiger partial charge in [-0.2, -0.15) is 0 Å². The van der Waals surface area contributed by atoms with E-state index >= 15 is 0 Å². The highest BCUT2D eigenvalue weighted by molar-refractivity contribution is 5.78. The summed E-state index contributed by atoms with van der Waals surface area (Å²) in [6.45, 7) is 11.7. The number of rotatable bonds is 9. The summed E-state index contributed by atoms with van der Waals surface area (Å²) < 4.78 is 17.4. The van der Waals surface area contributed by atoms with Gasteiger partial charge in [-0.1, -0.05) is 19.6 Å². The van der Waals surface area contributed by atoms with Crippen LogP contribution in [0.2, 0.25) is 0 Å². The molecule has 1 aromatic carbocycles. The Morgan fingerprint density at radius 3 is 2.58 bits per heavy atom. The van der Waals surface area contributed by atoms with Crippen molar-refractivity contribution >= 4 is 5.97 Å². The summed E-state index contributed by atoms with van der Waals surface area (Å²) in [6.07, 6.45) is 9.44. The van der Waals surface area contributed by atoms with E-state index in [2.05, 4.69) is 49.6 Å². The quantitative estimate of drug-likeness (QED) is 0.426. The predicted octanol–water partition coefficient (Wildman–Crippen LogP) is 5.96. The Morgan fingerprint density at radius 2 is 2.00 bits per heavy atom. The molecule has 2 heterocycles. The number of ether oxygens (including phenoxy) is 3. The van der Waals surface area contributed by atoms with Gasteiger partial charge in [0.1, 0.15) is 18.1 Å². The van der Waals surface area contributed by atoms with E-state index in [1.165, 1.54) is 5.56 Å². The van der Waals surface area contributed by atoms with Crippen LogP contribution in [0, 0.1) is 18.3 Å². The molecular weight excluding hydrogens is 454 g/mol. The Balaban J connectivity index is 1.58. The smallest absolute Gasteiger partial charge is 0.310 e. The van der Waals surface area contributed by atoms with Gasteiger partial charge in [-0.05, 0) is 98.5 Å². The van der Waals surface area contributed by atoms with Gasteiger partial charge in [0.2, 0.25) is 0 Å². The summed E-state index contributed by atoms with van der Waals surface area (Å²) in [5, 5.41) is 9.62. The molecule has 1 saturated heterocycles. The van der Waals surface area contributed by atoms with Crippen molar-refractivity contribution in [3.05, 3.63) is 64.6 Å². The van der Waals surface area contributed by atoms with Crippen LogP contribution in [-0.4, -0.2) is 49.8 Å². The average Bonchev–Trinajstić information content (AvgIpc) is 3.67. The first kappa shape index (κ1) is 26.3. The second-order valence-electron chi connectivity index (χ2n) is 10.5. The number of allylic oxidation sites excluding steroid dienone is 4. The molecule has 0 spiro atoms. The Bertz CT molecular complexity index is 1040. The number of carbonyl (C=O) groups is 1. The molecular formula is C30H41NO5. The Labute approximate surface area is 215 Å². The van der Waals surface area contributed by atoms with Crippen LogP contribution in [0.1, 0.15) is 68.1 Å². The van der Waals surface area contributed by atoms with Crippen LogP contribution in [0.15, 0.2) is 48.0 Å². The summed E-state index contributed by atoms with van der Waals surface area (Å²) in [5.41, 5.74) is 4.08. The fraction of sp³-hybridized carbons (Fsp3) is 0.567. The number of methoxy groups -OCH3 is 2. The number of hydrogen-bond donors (Lipinski definition) is 1. The normalized spacial score (nSPS) is 23.6. The van der Waals surface area contributed by atoms with E-state index in [4.69, 9.17) is 14.2 Å². The van der Waals surface area contributed by atoms with Crippen LogP contribution >= 0.6 is 0 Å². The molecule has 0 aromatic heterocycles. The van der Waals surface area contributed by atoms with E-state index in [1.54, 1.807) is 14.2 Å². The van der Waals surface area contributed by atoms with E-state index in [-0.39, 0.29) is 5.92 Å². The van der Waals surface area contributed by atoms with Crippen molar-refractivity contribution in [1.29, 1.82) is 0 Å².